The average molecular weight is 302 g/mol. The van der Waals surface area contributed by atoms with Crippen molar-refractivity contribution in [3.8, 4) is 0 Å². The van der Waals surface area contributed by atoms with Gasteiger partial charge < -0.3 is 24.7 Å². The van der Waals surface area contributed by atoms with Crippen LogP contribution in [0.25, 0.3) is 0 Å². The highest BCUT2D eigenvalue weighted by atomic mass is 16.7. The zero-order chi connectivity index (χ0) is 15.5. The molecule has 2 rings (SSSR count). The summed E-state index contributed by atoms with van der Waals surface area (Å²) in [4.78, 5) is 2.28. The Morgan fingerprint density at radius 1 is 1.05 bits per heavy atom. The van der Waals surface area contributed by atoms with Crippen molar-refractivity contribution in [3.05, 3.63) is 0 Å². The molecule has 0 amide bonds. The maximum atomic E-state index is 6.01. The third-order valence-electron chi connectivity index (χ3n) is 3.95. The summed E-state index contributed by atoms with van der Waals surface area (Å²) in [5.74, 6) is -0.498. The topological polar surface area (TPSA) is 66.2 Å². The molecule has 2 saturated heterocycles. The van der Waals surface area contributed by atoms with E-state index in [2.05, 4.69) is 4.90 Å². The first-order valence-electron chi connectivity index (χ1n) is 7.82. The molecule has 2 heterocycles. The van der Waals surface area contributed by atoms with Crippen molar-refractivity contribution in [2.45, 2.75) is 57.8 Å². The quantitative estimate of drug-likeness (QED) is 0.815. The zero-order valence-corrected chi connectivity index (χ0v) is 13.8. The molecule has 2 fully saturated rings. The summed E-state index contributed by atoms with van der Waals surface area (Å²) < 4.78 is 23.5. The van der Waals surface area contributed by atoms with Gasteiger partial charge in [0.05, 0.1) is 38.1 Å². The maximum absolute atomic E-state index is 6.01. The molecule has 1 atom stereocenters. The fraction of sp³-hybridized carbons (Fsp3) is 1.00. The van der Waals surface area contributed by atoms with Crippen LogP contribution < -0.4 is 5.73 Å². The van der Waals surface area contributed by atoms with Gasteiger partial charge in [-0.05, 0) is 40.7 Å². The van der Waals surface area contributed by atoms with E-state index in [4.69, 9.17) is 24.7 Å². The Balaban J connectivity index is 1.95. The SMILES string of the molecule is CC1(C)COC(N(CCCN)C2COC(C)(C)OC2)CO1. The Morgan fingerprint density at radius 2 is 1.71 bits per heavy atom. The number of rotatable bonds is 5. The lowest BCUT2D eigenvalue weighted by atomic mass is 10.1. The van der Waals surface area contributed by atoms with Crippen LogP contribution in [0.4, 0.5) is 0 Å². The largest absolute Gasteiger partial charge is 0.369 e. The van der Waals surface area contributed by atoms with Crippen LogP contribution in [-0.2, 0) is 18.9 Å². The summed E-state index contributed by atoms with van der Waals surface area (Å²) in [6, 6.07) is 0.180. The van der Waals surface area contributed by atoms with Crippen LogP contribution in [0.2, 0.25) is 0 Å². The minimum atomic E-state index is -0.498. The van der Waals surface area contributed by atoms with Crippen molar-refractivity contribution in [2.24, 2.45) is 5.73 Å². The molecule has 0 bridgehead atoms. The van der Waals surface area contributed by atoms with Crippen LogP contribution >= 0.6 is 0 Å². The molecule has 2 aliphatic rings. The van der Waals surface area contributed by atoms with Gasteiger partial charge in [-0.2, -0.15) is 0 Å². The highest BCUT2D eigenvalue weighted by molar-refractivity contribution is 4.82. The van der Waals surface area contributed by atoms with Crippen LogP contribution in [0.3, 0.4) is 0 Å². The van der Waals surface area contributed by atoms with Crippen molar-refractivity contribution < 1.29 is 18.9 Å². The van der Waals surface area contributed by atoms with Crippen molar-refractivity contribution in [3.63, 3.8) is 0 Å². The third-order valence-corrected chi connectivity index (χ3v) is 3.95. The molecule has 0 saturated carbocycles. The Labute approximate surface area is 127 Å². The number of nitrogens with zero attached hydrogens (tertiary/aromatic N) is 1. The lowest BCUT2D eigenvalue weighted by Gasteiger charge is -2.46. The van der Waals surface area contributed by atoms with E-state index in [1.165, 1.54) is 0 Å². The molecule has 0 aliphatic carbocycles. The second-order valence-corrected chi connectivity index (χ2v) is 6.89. The Morgan fingerprint density at radius 3 is 2.24 bits per heavy atom. The summed E-state index contributed by atoms with van der Waals surface area (Å²) in [6.07, 6.45) is 0.867. The maximum Gasteiger partial charge on any atom is 0.162 e. The van der Waals surface area contributed by atoms with Gasteiger partial charge in [-0.25, -0.2) is 0 Å². The molecule has 124 valence electrons. The van der Waals surface area contributed by atoms with Gasteiger partial charge in [-0.15, -0.1) is 0 Å². The molecule has 21 heavy (non-hydrogen) atoms. The molecule has 0 radical (unpaired) electrons. The average Bonchev–Trinajstić information content (AvgIpc) is 2.42. The molecule has 2 N–H and O–H groups in total. The standard InChI is InChI=1S/C15H30N2O4/c1-14(2)11-18-13(10-19-14)17(7-5-6-16)12-8-20-15(3,4)21-9-12/h12-13H,5-11,16H2,1-4H3. The first kappa shape index (κ1) is 17.1. The predicted molar refractivity (Wildman–Crippen MR) is 79.9 cm³/mol. The second kappa shape index (κ2) is 6.89. The van der Waals surface area contributed by atoms with Gasteiger partial charge >= 0.3 is 0 Å². The highest BCUT2D eigenvalue weighted by Crippen LogP contribution is 2.25. The second-order valence-electron chi connectivity index (χ2n) is 6.89. The van der Waals surface area contributed by atoms with Crippen molar-refractivity contribution in [2.75, 3.05) is 39.5 Å². The third kappa shape index (κ3) is 4.87. The number of hydrogen-bond acceptors (Lipinski definition) is 6. The fourth-order valence-corrected chi connectivity index (χ4v) is 2.59. The van der Waals surface area contributed by atoms with Gasteiger partial charge in [0.2, 0.25) is 0 Å². The van der Waals surface area contributed by atoms with Gasteiger partial charge in [0.1, 0.15) is 6.23 Å². The van der Waals surface area contributed by atoms with E-state index >= 15 is 0 Å². The lowest BCUT2D eigenvalue weighted by molar-refractivity contribution is -0.285. The normalized spacial score (nSPS) is 29.7. The van der Waals surface area contributed by atoms with Crippen LogP contribution in [0.15, 0.2) is 0 Å². The van der Waals surface area contributed by atoms with E-state index in [0.29, 0.717) is 33.0 Å². The molecule has 6 nitrogen and oxygen atoms in total. The lowest BCUT2D eigenvalue weighted by Crippen LogP contribution is -2.58. The van der Waals surface area contributed by atoms with Gasteiger partial charge in [0.15, 0.2) is 5.79 Å². The van der Waals surface area contributed by atoms with Gasteiger partial charge in [0.25, 0.3) is 0 Å². The van der Waals surface area contributed by atoms with Crippen molar-refractivity contribution in [1.29, 1.82) is 0 Å². The summed E-state index contributed by atoms with van der Waals surface area (Å²) in [7, 11) is 0. The number of nitrogens with two attached hydrogens (primary N) is 1. The first-order valence-corrected chi connectivity index (χ1v) is 7.82. The van der Waals surface area contributed by atoms with E-state index in [0.717, 1.165) is 13.0 Å². The molecular formula is C15H30N2O4. The van der Waals surface area contributed by atoms with Crippen molar-refractivity contribution in [1.82, 2.24) is 4.90 Å². The summed E-state index contributed by atoms with van der Waals surface area (Å²) in [6.45, 7) is 11.9. The van der Waals surface area contributed by atoms with Gasteiger partial charge in [-0.1, -0.05) is 0 Å². The Kier molecular flexibility index (Phi) is 5.62. The zero-order valence-electron chi connectivity index (χ0n) is 13.8. The first-order chi connectivity index (χ1) is 9.83. The van der Waals surface area contributed by atoms with Crippen LogP contribution in [0, 0.1) is 0 Å². The monoisotopic (exact) mass is 302 g/mol. The van der Waals surface area contributed by atoms with E-state index < -0.39 is 5.79 Å². The van der Waals surface area contributed by atoms with E-state index in [-0.39, 0.29) is 17.9 Å². The molecular weight excluding hydrogens is 272 g/mol. The van der Waals surface area contributed by atoms with E-state index in [9.17, 15) is 0 Å². The molecule has 0 aromatic heterocycles. The smallest absolute Gasteiger partial charge is 0.162 e. The Bertz CT molecular complexity index is 288. The highest BCUT2D eigenvalue weighted by Gasteiger charge is 2.38. The predicted octanol–water partition coefficient (Wildman–Crippen LogP) is 0.940. The Hall–Kier alpha value is -0.240. The number of hydrogen-bond donors (Lipinski definition) is 1. The van der Waals surface area contributed by atoms with Gasteiger partial charge in [0, 0.05) is 6.54 Å². The molecule has 1 unspecified atom stereocenters. The summed E-state index contributed by atoms with van der Waals surface area (Å²) >= 11 is 0. The molecule has 2 aliphatic heterocycles. The van der Waals surface area contributed by atoms with E-state index in [1.807, 2.05) is 27.7 Å². The minimum absolute atomic E-state index is 0.0528. The molecule has 0 spiro atoms. The molecule has 0 aromatic rings. The van der Waals surface area contributed by atoms with E-state index in [1.54, 1.807) is 0 Å². The number of ether oxygens (including phenoxy) is 4. The van der Waals surface area contributed by atoms with Crippen molar-refractivity contribution >= 4 is 0 Å². The minimum Gasteiger partial charge on any atom is -0.369 e. The van der Waals surface area contributed by atoms with Gasteiger partial charge in [-0.3, -0.25) is 4.90 Å². The summed E-state index contributed by atoms with van der Waals surface area (Å²) in [5.41, 5.74) is 5.45. The fourth-order valence-electron chi connectivity index (χ4n) is 2.59. The van der Waals surface area contributed by atoms with Crippen LogP contribution in [0.5, 0.6) is 0 Å². The summed E-state index contributed by atoms with van der Waals surface area (Å²) in [5, 5.41) is 0. The van der Waals surface area contributed by atoms with Crippen LogP contribution in [0.1, 0.15) is 34.1 Å². The van der Waals surface area contributed by atoms with Crippen LogP contribution in [-0.4, -0.2) is 68.1 Å². The molecule has 6 heteroatoms. The molecule has 0 aromatic carbocycles.